The molecule has 1 atom stereocenters. The van der Waals surface area contributed by atoms with Crippen molar-refractivity contribution in [2.75, 3.05) is 0 Å². The van der Waals surface area contributed by atoms with Crippen LogP contribution in [0.15, 0.2) is 53.3 Å². The smallest absolute Gasteiger partial charge is 0.331 e. The lowest BCUT2D eigenvalue weighted by atomic mass is 10.2. The number of carbonyl (C=O) groups is 1. The number of para-hydroxylation sites is 1. The van der Waals surface area contributed by atoms with Gasteiger partial charge in [0.25, 0.3) is 5.56 Å². The number of hydrogen-bond donors (Lipinski definition) is 1. The summed E-state index contributed by atoms with van der Waals surface area (Å²) in [5.74, 6) is -0.916. The van der Waals surface area contributed by atoms with Gasteiger partial charge in [0.1, 0.15) is 5.82 Å². The number of H-pyrrole nitrogens is 1. The van der Waals surface area contributed by atoms with Crippen LogP contribution in [0.5, 0.6) is 0 Å². The maximum absolute atomic E-state index is 13.1. The first-order chi connectivity index (χ1) is 12.4. The fourth-order valence-electron chi connectivity index (χ4n) is 2.35. The molecular formula is C19H14ClFN2O3. The van der Waals surface area contributed by atoms with Crippen LogP contribution in [-0.2, 0) is 9.53 Å². The summed E-state index contributed by atoms with van der Waals surface area (Å²) in [6.45, 7) is 1.60. The van der Waals surface area contributed by atoms with Crippen LogP contribution in [-0.4, -0.2) is 15.9 Å². The Hall–Kier alpha value is -2.99. The summed E-state index contributed by atoms with van der Waals surface area (Å²) in [4.78, 5) is 31.0. The van der Waals surface area contributed by atoms with Gasteiger partial charge in [-0.3, -0.25) is 4.79 Å². The number of rotatable bonds is 4. The van der Waals surface area contributed by atoms with Crippen LogP contribution in [0, 0.1) is 5.82 Å². The molecule has 0 bridgehead atoms. The Bertz CT molecular complexity index is 1060. The zero-order chi connectivity index (χ0) is 18.7. The van der Waals surface area contributed by atoms with E-state index in [9.17, 15) is 14.0 Å². The van der Waals surface area contributed by atoms with Gasteiger partial charge in [0.15, 0.2) is 11.9 Å². The summed E-state index contributed by atoms with van der Waals surface area (Å²) in [7, 11) is 0. The van der Waals surface area contributed by atoms with E-state index in [0.717, 1.165) is 0 Å². The van der Waals surface area contributed by atoms with Gasteiger partial charge >= 0.3 is 5.97 Å². The van der Waals surface area contributed by atoms with E-state index in [0.29, 0.717) is 16.5 Å². The average Bonchev–Trinajstić information content (AvgIpc) is 2.62. The van der Waals surface area contributed by atoms with E-state index in [1.807, 2.05) is 0 Å². The molecule has 0 spiro atoms. The van der Waals surface area contributed by atoms with Crippen molar-refractivity contribution in [2.45, 2.75) is 13.0 Å². The third-order valence-corrected chi connectivity index (χ3v) is 3.95. The number of ether oxygens (including phenoxy) is 1. The zero-order valence-electron chi connectivity index (χ0n) is 13.7. The Morgan fingerprint density at radius 2 is 2.08 bits per heavy atom. The van der Waals surface area contributed by atoms with Crippen LogP contribution in [0.2, 0.25) is 5.02 Å². The van der Waals surface area contributed by atoms with E-state index in [2.05, 4.69) is 9.97 Å². The van der Waals surface area contributed by atoms with Gasteiger partial charge in [0.2, 0.25) is 0 Å². The molecule has 7 heteroatoms. The monoisotopic (exact) mass is 372 g/mol. The summed E-state index contributed by atoms with van der Waals surface area (Å²) in [6, 6.07) is 11.0. The molecule has 3 aromatic rings. The van der Waals surface area contributed by atoms with Crippen molar-refractivity contribution in [3.8, 4) is 0 Å². The lowest BCUT2D eigenvalue weighted by Crippen LogP contribution is -2.16. The second kappa shape index (κ2) is 7.49. The van der Waals surface area contributed by atoms with Gasteiger partial charge in [-0.25, -0.2) is 14.2 Å². The van der Waals surface area contributed by atoms with Gasteiger partial charge in [-0.1, -0.05) is 29.8 Å². The number of benzene rings is 2. The van der Waals surface area contributed by atoms with Crippen LogP contribution in [0.4, 0.5) is 4.39 Å². The molecule has 0 aliphatic carbocycles. The maximum atomic E-state index is 13.1. The fourth-order valence-corrected chi connectivity index (χ4v) is 2.54. The molecule has 0 saturated carbocycles. The van der Waals surface area contributed by atoms with Crippen molar-refractivity contribution in [3.05, 3.63) is 81.1 Å². The fraction of sp³-hybridized carbons (Fsp3) is 0.105. The number of nitrogens with one attached hydrogen (secondary N) is 1. The molecule has 0 radical (unpaired) electrons. The molecule has 1 heterocycles. The van der Waals surface area contributed by atoms with Gasteiger partial charge in [-0.2, -0.15) is 0 Å². The third-order valence-electron chi connectivity index (χ3n) is 3.66. The van der Waals surface area contributed by atoms with E-state index in [1.54, 1.807) is 31.2 Å². The van der Waals surface area contributed by atoms with Crippen LogP contribution in [0.1, 0.15) is 24.4 Å². The second-order valence-electron chi connectivity index (χ2n) is 5.55. The summed E-state index contributed by atoms with van der Waals surface area (Å²) < 4.78 is 18.4. The van der Waals surface area contributed by atoms with E-state index >= 15 is 0 Å². The number of aromatic nitrogens is 2. The highest BCUT2D eigenvalue weighted by Gasteiger charge is 2.14. The van der Waals surface area contributed by atoms with Gasteiger partial charge in [-0.15, -0.1) is 0 Å². The van der Waals surface area contributed by atoms with E-state index in [4.69, 9.17) is 16.3 Å². The maximum Gasteiger partial charge on any atom is 0.331 e. The molecule has 26 heavy (non-hydrogen) atoms. The first-order valence-corrected chi connectivity index (χ1v) is 8.14. The Kier molecular flexibility index (Phi) is 5.14. The molecule has 0 aliphatic rings. The molecule has 132 valence electrons. The average molecular weight is 373 g/mol. The Morgan fingerprint density at radius 1 is 1.31 bits per heavy atom. The molecule has 1 aromatic heterocycles. The summed E-state index contributed by atoms with van der Waals surface area (Å²) in [6.07, 6.45) is 1.90. The molecule has 1 N–H and O–H groups in total. The summed E-state index contributed by atoms with van der Waals surface area (Å²) in [5.41, 5.74) is 0.772. The third kappa shape index (κ3) is 3.97. The highest BCUT2D eigenvalue weighted by Crippen LogP contribution is 2.18. The topological polar surface area (TPSA) is 72.0 Å². The molecule has 0 fully saturated rings. The number of halogens is 2. The number of hydrogen-bond acceptors (Lipinski definition) is 4. The van der Waals surface area contributed by atoms with Crippen molar-refractivity contribution in [3.63, 3.8) is 0 Å². The minimum Gasteiger partial charge on any atom is -0.451 e. The number of aromatic amines is 1. The molecule has 0 unspecified atom stereocenters. The highest BCUT2D eigenvalue weighted by atomic mass is 35.5. The van der Waals surface area contributed by atoms with Crippen LogP contribution in [0.3, 0.4) is 0 Å². The number of carbonyl (C=O) groups excluding carboxylic acids is 1. The van der Waals surface area contributed by atoms with Gasteiger partial charge in [0.05, 0.1) is 15.9 Å². The van der Waals surface area contributed by atoms with Crippen LogP contribution in [0.25, 0.3) is 17.0 Å². The van der Waals surface area contributed by atoms with Gasteiger partial charge in [-0.05, 0) is 42.8 Å². The standard InChI is InChI=1S/C19H14ClFN2O3/c1-11(18-22-16-5-3-2-4-13(16)19(25)23-18)26-17(24)9-7-12-6-8-15(21)14(20)10-12/h2-11H,1H3,(H,22,23,25)/b9-7+/t11-/m0/s1. The molecule has 0 saturated heterocycles. The Balaban J connectivity index is 1.74. The normalized spacial score (nSPS) is 12.4. The molecule has 2 aromatic carbocycles. The van der Waals surface area contributed by atoms with E-state index < -0.39 is 17.9 Å². The largest absolute Gasteiger partial charge is 0.451 e. The first kappa shape index (κ1) is 17.8. The zero-order valence-corrected chi connectivity index (χ0v) is 14.5. The van der Waals surface area contributed by atoms with E-state index in [-0.39, 0.29) is 16.4 Å². The lowest BCUT2D eigenvalue weighted by Gasteiger charge is -2.11. The van der Waals surface area contributed by atoms with E-state index in [1.165, 1.54) is 30.4 Å². The molecule has 0 amide bonds. The number of nitrogens with zero attached hydrogens (tertiary/aromatic N) is 1. The van der Waals surface area contributed by atoms with Crippen molar-refractivity contribution in [2.24, 2.45) is 0 Å². The summed E-state index contributed by atoms with van der Waals surface area (Å²) in [5, 5.41) is 0.426. The van der Waals surface area contributed by atoms with Gasteiger partial charge in [0, 0.05) is 6.08 Å². The van der Waals surface area contributed by atoms with Crippen molar-refractivity contribution in [1.82, 2.24) is 9.97 Å². The second-order valence-corrected chi connectivity index (χ2v) is 5.96. The number of esters is 1. The first-order valence-electron chi connectivity index (χ1n) is 7.77. The quantitative estimate of drug-likeness (QED) is 0.554. The lowest BCUT2D eigenvalue weighted by molar-refractivity contribution is -0.142. The highest BCUT2D eigenvalue weighted by molar-refractivity contribution is 6.30. The van der Waals surface area contributed by atoms with Crippen LogP contribution >= 0.6 is 11.6 Å². The minimum absolute atomic E-state index is 0.0353. The Labute approximate surface area is 153 Å². The molecule has 5 nitrogen and oxygen atoms in total. The SMILES string of the molecule is C[C@H](OC(=O)/C=C/c1ccc(F)c(Cl)c1)c1nc2ccccc2c(=O)[nH]1. The summed E-state index contributed by atoms with van der Waals surface area (Å²) >= 11 is 5.69. The minimum atomic E-state index is -0.749. The van der Waals surface area contributed by atoms with Crippen LogP contribution < -0.4 is 5.56 Å². The van der Waals surface area contributed by atoms with Crippen molar-refractivity contribution < 1.29 is 13.9 Å². The predicted molar refractivity (Wildman–Crippen MR) is 97.3 cm³/mol. The predicted octanol–water partition coefficient (Wildman–Crippen LogP) is 4.03. The van der Waals surface area contributed by atoms with Gasteiger partial charge < -0.3 is 9.72 Å². The molecular weight excluding hydrogens is 359 g/mol. The Morgan fingerprint density at radius 3 is 2.85 bits per heavy atom. The number of fused-ring (bicyclic) bond motifs is 1. The van der Waals surface area contributed by atoms with Crippen molar-refractivity contribution in [1.29, 1.82) is 0 Å². The van der Waals surface area contributed by atoms with Crippen molar-refractivity contribution >= 4 is 34.5 Å². The molecule has 3 rings (SSSR count). The molecule has 0 aliphatic heterocycles.